The smallest absolute Gasteiger partial charge is 0.321 e. The monoisotopic (exact) mass is 286 g/mol. The third-order valence-corrected chi connectivity index (χ3v) is 3.68. The minimum absolute atomic E-state index is 0.161. The maximum atomic E-state index is 11.7. The van der Waals surface area contributed by atoms with Crippen molar-refractivity contribution >= 4 is 29.3 Å². The summed E-state index contributed by atoms with van der Waals surface area (Å²) in [5.41, 5.74) is 7.67. The van der Waals surface area contributed by atoms with Crippen molar-refractivity contribution in [3.05, 3.63) is 11.4 Å². The van der Waals surface area contributed by atoms with Crippen LogP contribution in [-0.4, -0.2) is 44.3 Å². The van der Waals surface area contributed by atoms with E-state index in [-0.39, 0.29) is 17.4 Å². The fourth-order valence-electron chi connectivity index (χ4n) is 1.48. The van der Waals surface area contributed by atoms with Crippen LogP contribution >= 0.6 is 11.8 Å². The molecule has 0 aromatic carbocycles. The Hall–Kier alpha value is -1.54. The summed E-state index contributed by atoms with van der Waals surface area (Å²) in [5, 5.41) is 15.6. The maximum Gasteiger partial charge on any atom is 0.321 e. The maximum absolute atomic E-state index is 11.7. The van der Waals surface area contributed by atoms with E-state index in [1.807, 2.05) is 13.8 Å². The predicted molar refractivity (Wildman–Crippen MR) is 74.2 cm³/mol. The summed E-state index contributed by atoms with van der Waals surface area (Å²) in [6, 6.07) is -0.945. The number of anilines is 1. The van der Waals surface area contributed by atoms with Gasteiger partial charge in [0.25, 0.3) is 0 Å². The van der Waals surface area contributed by atoms with Gasteiger partial charge in [-0.1, -0.05) is 0 Å². The van der Waals surface area contributed by atoms with Crippen molar-refractivity contribution in [3.63, 3.8) is 0 Å². The van der Waals surface area contributed by atoms with Gasteiger partial charge in [0.05, 0.1) is 22.8 Å². The Labute approximate surface area is 115 Å². The van der Waals surface area contributed by atoms with Crippen LogP contribution in [0.5, 0.6) is 0 Å². The van der Waals surface area contributed by atoms with Crippen LogP contribution in [0.3, 0.4) is 0 Å². The summed E-state index contributed by atoms with van der Waals surface area (Å²) in [6.07, 6.45) is 0. The van der Waals surface area contributed by atoms with E-state index < -0.39 is 12.0 Å². The molecule has 0 radical (unpaired) electrons. The van der Waals surface area contributed by atoms with E-state index in [4.69, 9.17) is 10.8 Å². The molecule has 1 atom stereocenters. The van der Waals surface area contributed by atoms with Crippen LogP contribution < -0.4 is 11.1 Å². The molecule has 0 aliphatic rings. The number of nitrogens with zero attached hydrogens (tertiary/aromatic N) is 2. The van der Waals surface area contributed by atoms with Crippen molar-refractivity contribution in [2.45, 2.75) is 19.9 Å². The lowest BCUT2D eigenvalue weighted by atomic mass is 10.3. The van der Waals surface area contributed by atoms with E-state index in [2.05, 4.69) is 10.4 Å². The Bertz CT molecular complexity index is 487. The minimum atomic E-state index is -1.06. The minimum Gasteiger partial charge on any atom is -0.480 e. The number of nitrogens with two attached hydrogens (primary N) is 1. The highest BCUT2D eigenvalue weighted by Gasteiger charge is 2.14. The molecule has 1 rings (SSSR count). The van der Waals surface area contributed by atoms with Crippen LogP contribution in [-0.2, 0) is 16.6 Å². The van der Waals surface area contributed by atoms with Crippen molar-refractivity contribution in [2.75, 3.05) is 16.8 Å². The molecule has 1 amide bonds. The second-order valence-electron chi connectivity index (χ2n) is 4.18. The molecule has 0 aliphatic heterocycles. The van der Waals surface area contributed by atoms with Gasteiger partial charge in [-0.2, -0.15) is 5.10 Å². The van der Waals surface area contributed by atoms with Gasteiger partial charge in [-0.05, 0) is 13.8 Å². The molecule has 106 valence electrons. The normalized spacial score (nSPS) is 12.2. The lowest BCUT2D eigenvalue weighted by molar-refractivity contribution is -0.137. The number of amides is 1. The summed E-state index contributed by atoms with van der Waals surface area (Å²) < 4.78 is 1.69. The number of aliphatic carboxylic acids is 1. The van der Waals surface area contributed by atoms with Gasteiger partial charge in [0, 0.05) is 12.8 Å². The topological polar surface area (TPSA) is 110 Å². The Morgan fingerprint density at radius 3 is 2.63 bits per heavy atom. The molecule has 1 heterocycles. The highest BCUT2D eigenvalue weighted by atomic mass is 32.2. The molecule has 0 saturated heterocycles. The first-order valence-electron chi connectivity index (χ1n) is 5.69. The van der Waals surface area contributed by atoms with E-state index >= 15 is 0 Å². The zero-order valence-electron chi connectivity index (χ0n) is 11.1. The SMILES string of the molecule is Cc1nn(C)c(C)c1NC(=O)CSCC(N)C(=O)O. The Balaban J connectivity index is 2.46. The molecule has 19 heavy (non-hydrogen) atoms. The van der Waals surface area contributed by atoms with Gasteiger partial charge in [-0.25, -0.2) is 0 Å². The third kappa shape index (κ3) is 4.25. The van der Waals surface area contributed by atoms with Gasteiger partial charge in [-0.15, -0.1) is 11.8 Å². The number of rotatable bonds is 6. The van der Waals surface area contributed by atoms with Gasteiger partial charge in [0.2, 0.25) is 5.91 Å². The van der Waals surface area contributed by atoms with E-state index in [1.54, 1.807) is 11.7 Å². The summed E-state index contributed by atoms with van der Waals surface area (Å²) in [4.78, 5) is 22.2. The molecule has 0 spiro atoms. The number of carbonyl (C=O) groups is 2. The van der Waals surface area contributed by atoms with Gasteiger partial charge >= 0.3 is 5.97 Å². The van der Waals surface area contributed by atoms with E-state index in [0.717, 1.165) is 11.4 Å². The predicted octanol–water partition coefficient (Wildman–Crippen LogP) is 0.121. The Kier molecular flexibility index (Phi) is 5.37. The highest BCUT2D eigenvalue weighted by Crippen LogP contribution is 2.18. The van der Waals surface area contributed by atoms with Crippen molar-refractivity contribution in [3.8, 4) is 0 Å². The van der Waals surface area contributed by atoms with Gasteiger partial charge in [-0.3, -0.25) is 14.3 Å². The second kappa shape index (κ2) is 6.58. The third-order valence-electron chi connectivity index (χ3n) is 2.62. The summed E-state index contributed by atoms with van der Waals surface area (Å²) in [5.74, 6) is -0.892. The first-order valence-corrected chi connectivity index (χ1v) is 6.84. The molecule has 0 saturated carbocycles. The lowest BCUT2D eigenvalue weighted by Crippen LogP contribution is -2.33. The van der Waals surface area contributed by atoms with Crippen LogP contribution in [0.4, 0.5) is 5.69 Å². The first kappa shape index (κ1) is 15.5. The number of aryl methyl sites for hydroxylation is 2. The quantitative estimate of drug-likeness (QED) is 0.685. The molecule has 1 aromatic heterocycles. The molecule has 1 aromatic rings. The number of hydrogen-bond donors (Lipinski definition) is 3. The molecular weight excluding hydrogens is 268 g/mol. The molecule has 7 nitrogen and oxygen atoms in total. The van der Waals surface area contributed by atoms with Crippen LogP contribution in [0.2, 0.25) is 0 Å². The van der Waals surface area contributed by atoms with Crippen LogP contribution in [0, 0.1) is 13.8 Å². The number of thioether (sulfide) groups is 1. The molecule has 0 fully saturated rings. The molecule has 0 aliphatic carbocycles. The number of nitrogens with one attached hydrogen (secondary N) is 1. The second-order valence-corrected chi connectivity index (χ2v) is 5.21. The van der Waals surface area contributed by atoms with Gasteiger partial charge in [0.15, 0.2) is 0 Å². The number of aromatic nitrogens is 2. The number of hydrogen-bond acceptors (Lipinski definition) is 5. The number of carbonyl (C=O) groups excluding carboxylic acids is 1. The molecule has 8 heteroatoms. The van der Waals surface area contributed by atoms with Crippen molar-refractivity contribution in [1.29, 1.82) is 0 Å². The van der Waals surface area contributed by atoms with Crippen LogP contribution in [0.25, 0.3) is 0 Å². The zero-order chi connectivity index (χ0) is 14.6. The summed E-state index contributed by atoms with van der Waals surface area (Å²) >= 11 is 1.19. The molecule has 4 N–H and O–H groups in total. The Morgan fingerprint density at radius 1 is 1.53 bits per heavy atom. The van der Waals surface area contributed by atoms with Gasteiger partial charge in [0.1, 0.15) is 6.04 Å². The first-order chi connectivity index (χ1) is 8.82. The van der Waals surface area contributed by atoms with Crippen molar-refractivity contribution < 1.29 is 14.7 Å². The fourth-order valence-corrected chi connectivity index (χ4v) is 2.25. The summed E-state index contributed by atoms with van der Waals surface area (Å²) in [7, 11) is 1.80. The highest BCUT2D eigenvalue weighted by molar-refractivity contribution is 8.00. The van der Waals surface area contributed by atoms with Crippen molar-refractivity contribution in [2.24, 2.45) is 12.8 Å². The molecular formula is C11H18N4O3S. The van der Waals surface area contributed by atoms with Crippen LogP contribution in [0.15, 0.2) is 0 Å². The fraction of sp³-hybridized carbons (Fsp3) is 0.545. The lowest BCUT2D eigenvalue weighted by Gasteiger charge is -2.07. The van der Waals surface area contributed by atoms with Gasteiger partial charge < -0.3 is 16.2 Å². The number of carboxylic acid groups (broad SMARTS) is 1. The van der Waals surface area contributed by atoms with E-state index in [9.17, 15) is 9.59 Å². The zero-order valence-corrected chi connectivity index (χ0v) is 12.0. The average molecular weight is 286 g/mol. The van der Waals surface area contributed by atoms with E-state index in [0.29, 0.717) is 5.69 Å². The van der Waals surface area contributed by atoms with Crippen molar-refractivity contribution in [1.82, 2.24) is 9.78 Å². The summed E-state index contributed by atoms with van der Waals surface area (Å²) in [6.45, 7) is 3.68. The molecule has 1 unspecified atom stereocenters. The number of carboxylic acids is 1. The Morgan fingerprint density at radius 2 is 2.16 bits per heavy atom. The van der Waals surface area contributed by atoms with Crippen LogP contribution in [0.1, 0.15) is 11.4 Å². The molecule has 0 bridgehead atoms. The largest absolute Gasteiger partial charge is 0.480 e. The average Bonchev–Trinajstić information content (AvgIpc) is 2.55. The standard InChI is InChI=1S/C11H18N4O3S/c1-6-10(7(2)15(3)14-6)13-9(16)5-19-4-8(12)11(17)18/h8H,4-5,12H2,1-3H3,(H,13,16)(H,17,18). The van der Waals surface area contributed by atoms with E-state index in [1.165, 1.54) is 11.8 Å².